The molecule has 0 saturated heterocycles. The van der Waals surface area contributed by atoms with Crippen LogP contribution in [0.1, 0.15) is 55.7 Å². The molecule has 0 saturated carbocycles. The molecular formula is C15H24Y. The van der Waals surface area contributed by atoms with Crippen LogP contribution in [0, 0.1) is 13.8 Å². The van der Waals surface area contributed by atoms with Gasteiger partial charge in [-0.15, -0.1) is 0 Å². The number of benzene rings is 1. The molecule has 0 heterocycles. The monoisotopic (exact) mass is 293 g/mol. The van der Waals surface area contributed by atoms with Gasteiger partial charge >= 0.3 is 0 Å². The third-order valence-electron chi connectivity index (χ3n) is 3.05. The Kier molecular flexibility index (Phi) is 9.55. The van der Waals surface area contributed by atoms with E-state index in [2.05, 4.69) is 39.0 Å². The zero-order chi connectivity index (χ0) is 11.1. The molecule has 0 bridgehead atoms. The summed E-state index contributed by atoms with van der Waals surface area (Å²) in [6.07, 6.45) is 8.14. The van der Waals surface area contributed by atoms with Crippen molar-refractivity contribution in [2.75, 3.05) is 0 Å². The third kappa shape index (κ3) is 6.16. The maximum absolute atomic E-state index is 2.34. The van der Waals surface area contributed by atoms with E-state index < -0.39 is 0 Å². The summed E-state index contributed by atoms with van der Waals surface area (Å²) in [7, 11) is 0. The Labute approximate surface area is 126 Å². The molecule has 0 aliphatic carbocycles. The van der Waals surface area contributed by atoms with Gasteiger partial charge in [0.25, 0.3) is 0 Å². The summed E-state index contributed by atoms with van der Waals surface area (Å²) in [4.78, 5) is 0. The van der Waals surface area contributed by atoms with Crippen molar-refractivity contribution in [3.63, 3.8) is 0 Å². The van der Waals surface area contributed by atoms with Crippen LogP contribution >= 0.6 is 0 Å². The molecule has 0 aromatic heterocycles. The molecular weight excluding hydrogens is 269 g/mol. The van der Waals surface area contributed by atoms with Gasteiger partial charge in [0.2, 0.25) is 0 Å². The fraction of sp³-hybridized carbons (Fsp3) is 0.600. The second kappa shape index (κ2) is 9.36. The zero-order valence-corrected chi connectivity index (χ0v) is 13.9. The summed E-state index contributed by atoms with van der Waals surface area (Å²) in [5.41, 5.74) is 4.40. The van der Waals surface area contributed by atoms with Crippen molar-refractivity contribution >= 4 is 0 Å². The summed E-state index contributed by atoms with van der Waals surface area (Å²) in [5, 5.41) is 0. The predicted molar refractivity (Wildman–Crippen MR) is 68.4 cm³/mol. The molecule has 1 radical (unpaired) electrons. The van der Waals surface area contributed by atoms with Crippen LogP contribution < -0.4 is 0 Å². The first kappa shape index (κ1) is 16.3. The van der Waals surface area contributed by atoms with E-state index in [-0.39, 0.29) is 32.7 Å². The van der Waals surface area contributed by atoms with E-state index in [9.17, 15) is 0 Å². The van der Waals surface area contributed by atoms with Gasteiger partial charge in [-0.1, -0.05) is 56.4 Å². The minimum Gasteiger partial charge on any atom is -0.0654 e. The molecule has 0 aliphatic rings. The van der Waals surface area contributed by atoms with Gasteiger partial charge < -0.3 is 0 Å². The van der Waals surface area contributed by atoms with Crippen LogP contribution in [0.3, 0.4) is 0 Å². The second-order valence-electron chi connectivity index (χ2n) is 4.59. The van der Waals surface area contributed by atoms with Crippen molar-refractivity contribution in [3.8, 4) is 0 Å². The Morgan fingerprint density at radius 1 is 0.938 bits per heavy atom. The Hall–Kier alpha value is 0.324. The quantitative estimate of drug-likeness (QED) is 0.660. The van der Waals surface area contributed by atoms with Gasteiger partial charge in [-0.2, -0.15) is 0 Å². The van der Waals surface area contributed by atoms with Crippen LogP contribution in [0.15, 0.2) is 18.2 Å². The predicted octanol–water partition coefficient (Wildman–Crippen LogP) is 4.81. The molecule has 0 unspecified atom stereocenters. The summed E-state index contributed by atoms with van der Waals surface area (Å²) in [6.45, 7) is 6.67. The van der Waals surface area contributed by atoms with Gasteiger partial charge in [-0.05, 0) is 37.8 Å². The van der Waals surface area contributed by atoms with Gasteiger partial charge in [-0.3, -0.25) is 0 Å². The van der Waals surface area contributed by atoms with Crippen LogP contribution in [-0.2, 0) is 39.1 Å². The minimum absolute atomic E-state index is 0. The molecule has 1 heteroatoms. The van der Waals surface area contributed by atoms with Crippen LogP contribution in [-0.4, -0.2) is 0 Å². The van der Waals surface area contributed by atoms with E-state index in [1.165, 1.54) is 49.7 Å². The fourth-order valence-electron chi connectivity index (χ4n) is 1.99. The minimum atomic E-state index is 0. The van der Waals surface area contributed by atoms with Gasteiger partial charge in [0.1, 0.15) is 0 Å². The Morgan fingerprint density at radius 3 is 2.31 bits per heavy atom. The van der Waals surface area contributed by atoms with Crippen molar-refractivity contribution in [2.45, 2.75) is 59.3 Å². The van der Waals surface area contributed by atoms with Crippen molar-refractivity contribution in [2.24, 2.45) is 0 Å². The Morgan fingerprint density at radius 2 is 1.62 bits per heavy atom. The molecule has 0 spiro atoms. The first-order valence-corrected chi connectivity index (χ1v) is 6.30. The van der Waals surface area contributed by atoms with E-state index >= 15 is 0 Å². The summed E-state index contributed by atoms with van der Waals surface area (Å²) >= 11 is 0. The number of hydrogen-bond acceptors (Lipinski definition) is 0. The van der Waals surface area contributed by atoms with Crippen molar-refractivity contribution in [3.05, 3.63) is 34.9 Å². The van der Waals surface area contributed by atoms with E-state index in [4.69, 9.17) is 0 Å². The standard InChI is InChI=1S/C15H24.Y/c1-4-5-6-7-8-9-15-12-13(2)10-11-14(15)3;/h10-12H,4-9H2,1-3H3;. The summed E-state index contributed by atoms with van der Waals surface area (Å²) in [5.74, 6) is 0. The third-order valence-corrected chi connectivity index (χ3v) is 3.05. The topological polar surface area (TPSA) is 0 Å². The number of hydrogen-bond donors (Lipinski definition) is 0. The molecule has 1 rings (SSSR count). The summed E-state index contributed by atoms with van der Waals surface area (Å²) in [6, 6.07) is 6.79. The van der Waals surface area contributed by atoms with Gasteiger partial charge in [-0.25, -0.2) is 0 Å². The van der Waals surface area contributed by atoms with Crippen LogP contribution in [0.2, 0.25) is 0 Å². The molecule has 0 aliphatic heterocycles. The van der Waals surface area contributed by atoms with Crippen LogP contribution in [0.4, 0.5) is 0 Å². The van der Waals surface area contributed by atoms with E-state index in [0.717, 1.165) is 0 Å². The zero-order valence-electron chi connectivity index (χ0n) is 11.1. The molecule has 1 aromatic carbocycles. The van der Waals surface area contributed by atoms with Crippen molar-refractivity contribution in [1.82, 2.24) is 0 Å². The van der Waals surface area contributed by atoms with Crippen LogP contribution in [0.25, 0.3) is 0 Å². The molecule has 16 heavy (non-hydrogen) atoms. The van der Waals surface area contributed by atoms with Gasteiger partial charge in [0.05, 0.1) is 0 Å². The molecule has 0 fully saturated rings. The first-order chi connectivity index (χ1) is 7.24. The molecule has 0 N–H and O–H groups in total. The van der Waals surface area contributed by atoms with Crippen LogP contribution in [0.5, 0.6) is 0 Å². The van der Waals surface area contributed by atoms with Gasteiger partial charge in [0.15, 0.2) is 0 Å². The maximum Gasteiger partial charge on any atom is 0 e. The average Bonchev–Trinajstić information content (AvgIpc) is 2.23. The SMILES string of the molecule is CCCCCCCc1cc(C)ccc1C.[Y]. The Balaban J connectivity index is 0.00000225. The molecule has 0 amide bonds. The molecule has 0 atom stereocenters. The molecule has 0 nitrogen and oxygen atoms in total. The van der Waals surface area contributed by atoms with E-state index in [0.29, 0.717) is 0 Å². The Bertz CT molecular complexity index is 291. The molecule has 87 valence electrons. The normalized spacial score (nSPS) is 9.94. The van der Waals surface area contributed by atoms with Crippen molar-refractivity contribution < 1.29 is 32.7 Å². The average molecular weight is 293 g/mol. The smallest absolute Gasteiger partial charge is 0 e. The molecule has 1 aromatic rings. The van der Waals surface area contributed by atoms with Crippen molar-refractivity contribution in [1.29, 1.82) is 0 Å². The summed E-state index contributed by atoms with van der Waals surface area (Å²) < 4.78 is 0. The van der Waals surface area contributed by atoms with E-state index in [1.54, 1.807) is 5.56 Å². The number of rotatable bonds is 6. The van der Waals surface area contributed by atoms with Gasteiger partial charge in [0, 0.05) is 32.7 Å². The fourth-order valence-corrected chi connectivity index (χ4v) is 1.99. The number of unbranched alkanes of at least 4 members (excludes halogenated alkanes) is 4. The largest absolute Gasteiger partial charge is 0.0654 e. The van der Waals surface area contributed by atoms with E-state index in [1.807, 2.05) is 0 Å². The second-order valence-corrected chi connectivity index (χ2v) is 4.59. The first-order valence-electron chi connectivity index (χ1n) is 6.30. The number of aryl methyl sites for hydroxylation is 3. The maximum atomic E-state index is 2.34.